The number of hydrogen-bond acceptors (Lipinski definition) is 7. The fraction of sp³-hybridized carbons (Fsp3) is 0.467. The molecule has 0 unspecified atom stereocenters. The second-order valence-electron chi connectivity index (χ2n) is 10.4. The molecule has 1 aliphatic heterocycles. The van der Waals surface area contributed by atoms with Gasteiger partial charge in [0, 0.05) is 50.0 Å². The van der Waals surface area contributed by atoms with Crippen LogP contribution < -0.4 is 16.0 Å². The van der Waals surface area contributed by atoms with Crippen LogP contribution in [0.4, 0.5) is 0 Å². The van der Waals surface area contributed by atoms with E-state index in [-0.39, 0.29) is 49.1 Å². The van der Waals surface area contributed by atoms with E-state index in [1.165, 1.54) is 11.3 Å². The molecule has 1 aromatic heterocycles. The standard InChI is InChI=1S/C30H38ClN5O4S/c1-3-27(37)34-25(17-28-35-24-10-9-22(31)16-26(24)41-28)30(39)33-23(15-21-7-5-4-6-8-21)18-32-29(38)20(2)19-36-11-13-40-14-12-36/h4-10,16,20,23,25H,3,11-15,17-19H2,1-2H3,(H,32,38)(H,33,39)(H,34,37)/t20-,23+,25+/m1/s1. The van der Waals surface area contributed by atoms with Crippen molar-refractivity contribution in [2.45, 2.75) is 45.2 Å². The van der Waals surface area contributed by atoms with Crippen LogP contribution in [0.15, 0.2) is 48.5 Å². The second kappa shape index (κ2) is 15.3. The van der Waals surface area contributed by atoms with E-state index < -0.39 is 6.04 Å². The lowest BCUT2D eigenvalue weighted by atomic mass is 10.0. The predicted molar refractivity (Wildman–Crippen MR) is 162 cm³/mol. The number of thiazole rings is 1. The van der Waals surface area contributed by atoms with Crippen molar-refractivity contribution in [3.63, 3.8) is 0 Å². The number of ether oxygens (including phenoxy) is 1. The van der Waals surface area contributed by atoms with Gasteiger partial charge in [0.1, 0.15) is 6.04 Å². The van der Waals surface area contributed by atoms with Crippen molar-refractivity contribution in [1.29, 1.82) is 0 Å². The summed E-state index contributed by atoms with van der Waals surface area (Å²) in [6.07, 6.45) is 1.03. The van der Waals surface area contributed by atoms with Gasteiger partial charge in [0.2, 0.25) is 17.7 Å². The Balaban J connectivity index is 1.44. The molecule has 3 N–H and O–H groups in total. The first-order valence-electron chi connectivity index (χ1n) is 14.1. The fourth-order valence-electron chi connectivity index (χ4n) is 4.74. The molecule has 9 nitrogen and oxygen atoms in total. The predicted octanol–water partition coefficient (Wildman–Crippen LogP) is 3.20. The Bertz CT molecular complexity index is 1310. The van der Waals surface area contributed by atoms with Crippen LogP contribution in [0.25, 0.3) is 10.2 Å². The van der Waals surface area contributed by atoms with Crippen molar-refractivity contribution in [3.05, 3.63) is 64.1 Å². The van der Waals surface area contributed by atoms with E-state index in [0.29, 0.717) is 31.2 Å². The van der Waals surface area contributed by atoms with Crippen LogP contribution >= 0.6 is 22.9 Å². The summed E-state index contributed by atoms with van der Waals surface area (Å²) in [6.45, 7) is 7.57. The monoisotopic (exact) mass is 599 g/mol. The summed E-state index contributed by atoms with van der Waals surface area (Å²) in [7, 11) is 0. The smallest absolute Gasteiger partial charge is 0.243 e. The van der Waals surface area contributed by atoms with Crippen LogP contribution in [-0.2, 0) is 32.0 Å². The summed E-state index contributed by atoms with van der Waals surface area (Å²) in [5.41, 5.74) is 1.83. The van der Waals surface area contributed by atoms with Crippen molar-refractivity contribution in [2.24, 2.45) is 5.92 Å². The minimum atomic E-state index is -0.812. The summed E-state index contributed by atoms with van der Waals surface area (Å²) in [5.74, 6) is -0.808. The van der Waals surface area contributed by atoms with Gasteiger partial charge < -0.3 is 20.7 Å². The zero-order valence-electron chi connectivity index (χ0n) is 23.5. The highest BCUT2D eigenvalue weighted by Gasteiger charge is 2.26. The van der Waals surface area contributed by atoms with Crippen molar-refractivity contribution < 1.29 is 19.1 Å². The molecule has 0 spiro atoms. The molecular formula is C30H38ClN5O4S. The topological polar surface area (TPSA) is 113 Å². The molecule has 1 aliphatic rings. The van der Waals surface area contributed by atoms with Gasteiger partial charge in [0.15, 0.2) is 0 Å². The van der Waals surface area contributed by atoms with Gasteiger partial charge in [-0.1, -0.05) is 55.8 Å². The maximum Gasteiger partial charge on any atom is 0.243 e. The lowest BCUT2D eigenvalue weighted by Crippen LogP contribution is -2.54. The third-order valence-corrected chi connectivity index (χ3v) is 8.30. The first-order valence-corrected chi connectivity index (χ1v) is 15.3. The largest absolute Gasteiger partial charge is 0.379 e. The van der Waals surface area contributed by atoms with Crippen LogP contribution in [0.1, 0.15) is 30.8 Å². The third-order valence-electron chi connectivity index (χ3n) is 7.02. The number of amides is 3. The number of rotatable bonds is 13. The van der Waals surface area contributed by atoms with Gasteiger partial charge >= 0.3 is 0 Å². The minimum absolute atomic E-state index is 0.0622. The molecule has 1 fully saturated rings. The van der Waals surface area contributed by atoms with E-state index in [4.69, 9.17) is 16.3 Å². The number of aromatic nitrogens is 1. The average molecular weight is 600 g/mol. The molecule has 0 bridgehead atoms. The molecule has 3 aromatic rings. The number of morpholine rings is 1. The molecule has 2 aromatic carbocycles. The van der Waals surface area contributed by atoms with Gasteiger partial charge in [-0.3, -0.25) is 19.3 Å². The van der Waals surface area contributed by atoms with E-state index >= 15 is 0 Å². The second-order valence-corrected chi connectivity index (χ2v) is 11.9. The van der Waals surface area contributed by atoms with Gasteiger partial charge in [-0.05, 0) is 30.2 Å². The molecule has 3 amide bonds. The molecule has 11 heteroatoms. The van der Waals surface area contributed by atoms with E-state index in [2.05, 4.69) is 25.8 Å². The zero-order chi connectivity index (χ0) is 29.2. The van der Waals surface area contributed by atoms with Crippen molar-refractivity contribution in [2.75, 3.05) is 39.4 Å². The van der Waals surface area contributed by atoms with Crippen LogP contribution in [0, 0.1) is 5.92 Å². The first-order chi connectivity index (χ1) is 19.8. The molecular weight excluding hydrogens is 562 g/mol. The Hall–Kier alpha value is -3.05. The van der Waals surface area contributed by atoms with Crippen LogP contribution in [0.2, 0.25) is 5.02 Å². The number of carbonyl (C=O) groups excluding carboxylic acids is 3. The number of benzene rings is 2. The summed E-state index contributed by atoms with van der Waals surface area (Å²) < 4.78 is 6.33. The Morgan fingerprint density at radius 1 is 1.05 bits per heavy atom. The zero-order valence-corrected chi connectivity index (χ0v) is 25.1. The highest BCUT2D eigenvalue weighted by molar-refractivity contribution is 7.18. The summed E-state index contributed by atoms with van der Waals surface area (Å²) in [4.78, 5) is 45.8. The molecule has 3 atom stereocenters. The molecule has 4 rings (SSSR count). The number of nitrogens with zero attached hydrogens (tertiary/aromatic N) is 2. The third kappa shape index (κ3) is 9.49. The van der Waals surface area contributed by atoms with E-state index in [1.807, 2.05) is 49.4 Å². The van der Waals surface area contributed by atoms with E-state index in [0.717, 1.165) is 33.9 Å². The maximum absolute atomic E-state index is 13.6. The molecule has 41 heavy (non-hydrogen) atoms. The molecule has 0 saturated carbocycles. The summed E-state index contributed by atoms with van der Waals surface area (Å²) in [6, 6.07) is 14.1. The van der Waals surface area contributed by atoms with Crippen LogP contribution in [0.3, 0.4) is 0 Å². The normalized spacial score (nSPS) is 16.1. The van der Waals surface area contributed by atoms with Gasteiger partial charge in [-0.2, -0.15) is 0 Å². The van der Waals surface area contributed by atoms with Crippen LogP contribution in [-0.4, -0.2) is 79.1 Å². The molecule has 2 heterocycles. The number of hydrogen-bond donors (Lipinski definition) is 3. The Morgan fingerprint density at radius 3 is 2.54 bits per heavy atom. The van der Waals surface area contributed by atoms with E-state index in [1.54, 1.807) is 13.0 Å². The van der Waals surface area contributed by atoms with Gasteiger partial charge in [-0.15, -0.1) is 11.3 Å². The Kier molecular flexibility index (Phi) is 11.5. The number of nitrogens with one attached hydrogen (secondary N) is 3. The Morgan fingerprint density at radius 2 is 1.80 bits per heavy atom. The lowest BCUT2D eigenvalue weighted by Gasteiger charge is -2.29. The fourth-order valence-corrected chi connectivity index (χ4v) is 6.03. The van der Waals surface area contributed by atoms with Gasteiger partial charge in [0.25, 0.3) is 0 Å². The highest BCUT2D eigenvalue weighted by Crippen LogP contribution is 2.26. The number of carbonyl (C=O) groups is 3. The van der Waals surface area contributed by atoms with Crippen molar-refractivity contribution >= 4 is 50.9 Å². The first kappa shape index (κ1) is 30.9. The number of fused-ring (bicyclic) bond motifs is 1. The van der Waals surface area contributed by atoms with Gasteiger partial charge in [0.05, 0.1) is 34.5 Å². The quantitative estimate of drug-likeness (QED) is 0.278. The van der Waals surface area contributed by atoms with Crippen LogP contribution in [0.5, 0.6) is 0 Å². The average Bonchev–Trinajstić information content (AvgIpc) is 3.37. The highest BCUT2D eigenvalue weighted by atomic mass is 35.5. The number of halogens is 1. The lowest BCUT2D eigenvalue weighted by molar-refractivity contribution is -0.129. The SMILES string of the molecule is CCC(=O)N[C@@H](Cc1nc2ccc(Cl)cc2s1)C(=O)N[C@H](CNC(=O)[C@H](C)CN1CCOCC1)Cc1ccccc1. The summed E-state index contributed by atoms with van der Waals surface area (Å²) in [5, 5.41) is 10.3. The summed E-state index contributed by atoms with van der Waals surface area (Å²) >= 11 is 7.59. The van der Waals surface area contributed by atoms with E-state index in [9.17, 15) is 14.4 Å². The Labute approximate surface area is 250 Å². The molecule has 0 aliphatic carbocycles. The maximum atomic E-state index is 13.6. The van der Waals surface area contributed by atoms with Gasteiger partial charge in [-0.25, -0.2) is 4.98 Å². The molecule has 0 radical (unpaired) electrons. The van der Waals surface area contributed by atoms with Crippen molar-refractivity contribution in [3.8, 4) is 0 Å². The van der Waals surface area contributed by atoms with Crippen molar-refractivity contribution in [1.82, 2.24) is 25.8 Å². The molecule has 220 valence electrons. The molecule has 1 saturated heterocycles. The minimum Gasteiger partial charge on any atom is -0.379 e.